The molecule has 3 atom stereocenters. The Morgan fingerprint density at radius 2 is 1.84 bits per heavy atom. The lowest BCUT2D eigenvalue weighted by Crippen LogP contribution is -2.31. The highest BCUT2D eigenvalue weighted by Crippen LogP contribution is 2.39. The number of amides is 1. The molecule has 0 aromatic heterocycles. The quantitative estimate of drug-likeness (QED) is 0.344. The van der Waals surface area contributed by atoms with E-state index in [4.69, 9.17) is 49.4 Å². The lowest BCUT2D eigenvalue weighted by Gasteiger charge is -2.36. The van der Waals surface area contributed by atoms with Gasteiger partial charge in [0.05, 0.1) is 25.4 Å². The maximum atomic E-state index is 12.0. The molecule has 0 radical (unpaired) electrons. The van der Waals surface area contributed by atoms with Crippen LogP contribution in [0.15, 0.2) is 48.5 Å². The minimum atomic E-state index is -2.07. The number of carbonyl (C=O) groups is 1. The third kappa shape index (κ3) is 7.23. The highest BCUT2D eigenvalue weighted by Gasteiger charge is 2.33. The van der Waals surface area contributed by atoms with Crippen LogP contribution >= 0.6 is 46.6 Å². The predicted octanol–water partition coefficient (Wildman–Crippen LogP) is 4.76. The fourth-order valence-electron chi connectivity index (χ4n) is 3.27. The van der Waals surface area contributed by atoms with Gasteiger partial charge in [-0.25, -0.2) is 0 Å². The summed E-state index contributed by atoms with van der Waals surface area (Å²) in [5.41, 5.74) is 2.96. The molecule has 1 saturated heterocycles. The summed E-state index contributed by atoms with van der Waals surface area (Å²) in [4.78, 5) is 12.0. The van der Waals surface area contributed by atoms with E-state index in [1.54, 1.807) is 30.0 Å². The van der Waals surface area contributed by atoms with Crippen LogP contribution in [0.1, 0.15) is 35.5 Å². The third-order valence-corrected chi connectivity index (χ3v) is 6.42. The molecule has 2 aromatic rings. The smallest absolute Gasteiger partial charge is 0.276 e. The summed E-state index contributed by atoms with van der Waals surface area (Å²) in [6.45, 7) is 0.0823. The summed E-state index contributed by atoms with van der Waals surface area (Å²) in [7, 11) is 0. The van der Waals surface area contributed by atoms with E-state index in [1.165, 1.54) is 0 Å². The number of nitrogens with one attached hydrogen (secondary N) is 1. The fraction of sp³-hybridized carbons (Fsp3) is 0.409. The van der Waals surface area contributed by atoms with Crippen LogP contribution in [0.4, 0.5) is 5.69 Å². The van der Waals surface area contributed by atoms with E-state index < -0.39 is 16.0 Å². The van der Waals surface area contributed by atoms with Crippen LogP contribution in [-0.2, 0) is 20.9 Å². The van der Waals surface area contributed by atoms with Crippen molar-refractivity contribution >= 4 is 58.2 Å². The molecule has 1 aliphatic rings. The summed E-state index contributed by atoms with van der Waals surface area (Å²) in [6.07, 6.45) is -0.347. The molecule has 174 valence electrons. The molecule has 0 aliphatic carbocycles. The molecule has 0 saturated carbocycles. The number of ether oxygens (including phenoxy) is 2. The maximum absolute atomic E-state index is 12.0. The standard InChI is InChI=1S/C22H24Cl3NO5S/c23-22(24,25)21(29)26-17-3-1-2-16(10-17)20-30-18(13-32-9-8-27)11-19(31-20)15-6-4-14(12-28)5-7-15/h1-7,10,18-20,27-28H,8-9,11-13H2,(H,26,29)/t18-,19+,20+/m1/s1. The molecule has 1 heterocycles. The number of rotatable bonds is 8. The zero-order chi connectivity index (χ0) is 23.1. The minimum absolute atomic E-state index is 0.0231. The number of thioether (sulfide) groups is 1. The molecule has 1 aliphatic heterocycles. The molecule has 0 unspecified atom stereocenters. The van der Waals surface area contributed by atoms with Gasteiger partial charge in [0.15, 0.2) is 6.29 Å². The molecule has 0 bridgehead atoms. The summed E-state index contributed by atoms with van der Waals surface area (Å²) in [6, 6.07) is 14.6. The SMILES string of the molecule is O=C(Nc1cccc([C@H]2O[C@@H](CSCCO)C[C@@H](c3ccc(CO)cc3)O2)c1)C(Cl)(Cl)Cl. The van der Waals surface area contributed by atoms with E-state index in [0.717, 1.165) is 11.1 Å². The van der Waals surface area contributed by atoms with Crippen molar-refractivity contribution in [2.24, 2.45) is 0 Å². The van der Waals surface area contributed by atoms with E-state index in [-0.39, 0.29) is 25.4 Å². The van der Waals surface area contributed by atoms with Gasteiger partial charge in [-0.2, -0.15) is 11.8 Å². The van der Waals surface area contributed by atoms with Crippen LogP contribution in [0.2, 0.25) is 0 Å². The molecule has 32 heavy (non-hydrogen) atoms. The van der Waals surface area contributed by atoms with Crippen LogP contribution in [0.3, 0.4) is 0 Å². The summed E-state index contributed by atoms with van der Waals surface area (Å²) in [5.74, 6) is 0.569. The summed E-state index contributed by atoms with van der Waals surface area (Å²) in [5, 5.41) is 21.0. The number of alkyl halides is 3. The van der Waals surface area contributed by atoms with Gasteiger partial charge in [-0.3, -0.25) is 4.79 Å². The number of anilines is 1. The van der Waals surface area contributed by atoms with Gasteiger partial charge in [0.1, 0.15) is 0 Å². The van der Waals surface area contributed by atoms with Crippen molar-refractivity contribution in [2.75, 3.05) is 23.4 Å². The molecule has 3 N–H and O–H groups in total. The van der Waals surface area contributed by atoms with Gasteiger partial charge in [0.25, 0.3) is 9.70 Å². The average Bonchev–Trinajstić information content (AvgIpc) is 2.79. The zero-order valence-electron chi connectivity index (χ0n) is 17.0. The van der Waals surface area contributed by atoms with Gasteiger partial charge in [-0.15, -0.1) is 0 Å². The predicted molar refractivity (Wildman–Crippen MR) is 128 cm³/mol. The molecule has 1 fully saturated rings. The number of hydrogen-bond donors (Lipinski definition) is 3. The van der Waals surface area contributed by atoms with E-state index >= 15 is 0 Å². The van der Waals surface area contributed by atoms with Gasteiger partial charge >= 0.3 is 0 Å². The number of hydrogen-bond acceptors (Lipinski definition) is 6. The first-order valence-corrected chi connectivity index (χ1v) is 12.3. The second kappa shape index (κ2) is 11.9. The van der Waals surface area contributed by atoms with Crippen LogP contribution in [0, 0.1) is 0 Å². The lowest BCUT2D eigenvalue weighted by molar-refractivity contribution is -0.245. The molecule has 0 spiro atoms. The van der Waals surface area contributed by atoms with Gasteiger partial charge in [0, 0.05) is 29.2 Å². The number of aliphatic hydroxyl groups is 2. The molecule has 1 amide bonds. The highest BCUT2D eigenvalue weighted by molar-refractivity contribution is 7.99. The first kappa shape index (κ1) is 25.6. The van der Waals surface area contributed by atoms with Crippen molar-refractivity contribution in [2.45, 2.75) is 35.3 Å². The molecule has 3 rings (SSSR count). The van der Waals surface area contributed by atoms with E-state index in [2.05, 4.69) is 5.32 Å². The Bertz CT molecular complexity index is 894. The minimum Gasteiger partial charge on any atom is -0.396 e. The Labute approximate surface area is 206 Å². The Morgan fingerprint density at radius 3 is 2.50 bits per heavy atom. The van der Waals surface area contributed by atoms with Crippen LogP contribution in [0.25, 0.3) is 0 Å². The first-order valence-electron chi connectivity index (χ1n) is 9.97. The van der Waals surface area contributed by atoms with Crippen LogP contribution in [0.5, 0.6) is 0 Å². The van der Waals surface area contributed by atoms with Crippen LogP contribution in [-0.4, -0.2) is 44.1 Å². The van der Waals surface area contributed by atoms with E-state index in [0.29, 0.717) is 29.2 Å². The maximum Gasteiger partial charge on any atom is 0.276 e. The number of halogens is 3. The van der Waals surface area contributed by atoms with Crippen molar-refractivity contribution in [1.82, 2.24) is 0 Å². The largest absolute Gasteiger partial charge is 0.396 e. The van der Waals surface area contributed by atoms with Crippen molar-refractivity contribution in [3.63, 3.8) is 0 Å². The Morgan fingerprint density at radius 1 is 1.09 bits per heavy atom. The molecule has 2 aromatic carbocycles. The second-order valence-electron chi connectivity index (χ2n) is 7.23. The highest BCUT2D eigenvalue weighted by atomic mass is 35.6. The molecular weight excluding hydrogens is 497 g/mol. The Balaban J connectivity index is 1.80. The molecular formula is C22H24Cl3NO5S. The van der Waals surface area contributed by atoms with Crippen molar-refractivity contribution in [1.29, 1.82) is 0 Å². The normalized spacial score (nSPS) is 21.3. The first-order chi connectivity index (χ1) is 15.3. The number of carbonyl (C=O) groups excluding carboxylic acids is 1. The topological polar surface area (TPSA) is 88.0 Å². The Hall–Kier alpha value is -1.03. The molecule has 10 heteroatoms. The number of aliphatic hydroxyl groups excluding tert-OH is 2. The van der Waals surface area contributed by atoms with Gasteiger partial charge in [-0.1, -0.05) is 71.2 Å². The number of benzene rings is 2. The van der Waals surface area contributed by atoms with Crippen molar-refractivity contribution < 1.29 is 24.5 Å². The zero-order valence-corrected chi connectivity index (χ0v) is 20.1. The van der Waals surface area contributed by atoms with Gasteiger partial charge in [-0.05, 0) is 23.3 Å². The fourth-order valence-corrected chi connectivity index (χ4v) is 4.18. The Kier molecular flexibility index (Phi) is 9.52. The summed E-state index contributed by atoms with van der Waals surface area (Å²) < 4.78 is 10.4. The van der Waals surface area contributed by atoms with Crippen molar-refractivity contribution in [3.05, 3.63) is 65.2 Å². The lowest BCUT2D eigenvalue weighted by atomic mass is 10.0. The van der Waals surface area contributed by atoms with E-state index in [1.807, 2.05) is 30.3 Å². The van der Waals surface area contributed by atoms with E-state index in [9.17, 15) is 9.90 Å². The van der Waals surface area contributed by atoms with Gasteiger partial charge in [0.2, 0.25) is 0 Å². The van der Waals surface area contributed by atoms with Gasteiger partial charge < -0.3 is 25.0 Å². The van der Waals surface area contributed by atoms with Crippen LogP contribution < -0.4 is 5.32 Å². The average molecular weight is 521 g/mol. The third-order valence-electron chi connectivity index (χ3n) is 4.83. The van der Waals surface area contributed by atoms with Crippen molar-refractivity contribution in [3.8, 4) is 0 Å². The summed E-state index contributed by atoms with van der Waals surface area (Å²) >= 11 is 18.5. The monoisotopic (exact) mass is 519 g/mol. The molecule has 6 nitrogen and oxygen atoms in total. The second-order valence-corrected chi connectivity index (χ2v) is 10.7.